The van der Waals surface area contributed by atoms with Gasteiger partial charge >= 0.3 is 0 Å². The van der Waals surface area contributed by atoms with Gasteiger partial charge in [-0.2, -0.15) is 0 Å². The molecule has 7 nitrogen and oxygen atoms in total. The number of sulfonamides is 1. The molecule has 0 bridgehead atoms. The number of rotatable bonds is 5. The largest absolute Gasteiger partial charge is 0.293 e. The molecule has 122 valence electrons. The molecule has 0 unspecified atom stereocenters. The zero-order valence-corrected chi connectivity index (χ0v) is 13.8. The number of halogens is 2. The van der Waals surface area contributed by atoms with Crippen LogP contribution in [0.2, 0.25) is 10.0 Å². The van der Waals surface area contributed by atoms with E-state index >= 15 is 0 Å². The molecule has 2 rings (SSSR count). The highest BCUT2D eigenvalue weighted by Gasteiger charge is 2.16. The summed E-state index contributed by atoms with van der Waals surface area (Å²) in [5, 5.41) is 8.97. The van der Waals surface area contributed by atoms with Gasteiger partial charge in [-0.25, -0.2) is 13.9 Å². The van der Waals surface area contributed by atoms with Crippen molar-refractivity contribution >= 4 is 44.8 Å². The van der Waals surface area contributed by atoms with Crippen molar-refractivity contribution in [1.29, 1.82) is 0 Å². The number of carbonyl (C=O) groups is 1. The van der Waals surface area contributed by atoms with Crippen molar-refractivity contribution in [2.45, 2.75) is 5.75 Å². The summed E-state index contributed by atoms with van der Waals surface area (Å²) in [7, 11) is -3.79. The maximum absolute atomic E-state index is 12.2. The second-order valence-corrected chi connectivity index (χ2v) is 6.95. The van der Waals surface area contributed by atoms with Crippen molar-refractivity contribution in [2.24, 2.45) is 0 Å². The highest BCUT2D eigenvalue weighted by Crippen LogP contribution is 2.27. The van der Waals surface area contributed by atoms with Crippen molar-refractivity contribution in [3.63, 3.8) is 0 Å². The molecule has 0 atom stereocenters. The predicted molar refractivity (Wildman–Crippen MR) is 86.2 cm³/mol. The predicted octanol–water partition coefficient (Wildman–Crippen LogP) is 2.45. The molecule has 1 aromatic carbocycles. The van der Waals surface area contributed by atoms with Crippen molar-refractivity contribution < 1.29 is 18.4 Å². The van der Waals surface area contributed by atoms with Crippen LogP contribution in [-0.4, -0.2) is 24.5 Å². The fourth-order valence-electron chi connectivity index (χ4n) is 1.76. The summed E-state index contributed by atoms with van der Waals surface area (Å²) >= 11 is 11.8. The molecule has 1 aromatic heterocycles. The summed E-state index contributed by atoms with van der Waals surface area (Å²) in [5.41, 5.74) is 1.73. The van der Waals surface area contributed by atoms with Crippen molar-refractivity contribution in [3.05, 3.63) is 57.8 Å². The quantitative estimate of drug-likeness (QED) is 0.549. The Morgan fingerprint density at radius 3 is 2.70 bits per heavy atom. The first-order valence-electron chi connectivity index (χ1n) is 6.16. The number of hydroxylamine groups is 1. The molecule has 2 aromatic rings. The van der Waals surface area contributed by atoms with Crippen LogP contribution in [0.5, 0.6) is 0 Å². The lowest BCUT2D eigenvalue weighted by Gasteiger charge is -2.10. The minimum Gasteiger partial charge on any atom is -0.288 e. The lowest BCUT2D eigenvalue weighted by molar-refractivity contribution is 0.0701. The Morgan fingerprint density at radius 2 is 2.00 bits per heavy atom. The van der Waals surface area contributed by atoms with Crippen LogP contribution in [0.3, 0.4) is 0 Å². The molecule has 0 fully saturated rings. The van der Waals surface area contributed by atoms with E-state index in [1.807, 2.05) is 0 Å². The minimum absolute atomic E-state index is 0.122. The van der Waals surface area contributed by atoms with E-state index in [1.165, 1.54) is 23.8 Å². The van der Waals surface area contributed by atoms with Crippen LogP contribution in [0.25, 0.3) is 0 Å². The zero-order chi connectivity index (χ0) is 17.0. The van der Waals surface area contributed by atoms with Gasteiger partial charge in [0, 0.05) is 6.20 Å². The van der Waals surface area contributed by atoms with Crippen LogP contribution in [0.4, 0.5) is 5.69 Å². The third kappa shape index (κ3) is 4.55. The fraction of sp³-hybridized carbons (Fsp3) is 0.0769. The minimum atomic E-state index is -3.79. The molecule has 0 saturated carbocycles. The lowest BCUT2D eigenvalue weighted by atomic mass is 10.2. The van der Waals surface area contributed by atoms with E-state index in [0.29, 0.717) is 5.56 Å². The van der Waals surface area contributed by atoms with E-state index in [4.69, 9.17) is 28.4 Å². The van der Waals surface area contributed by atoms with E-state index in [-0.39, 0.29) is 21.4 Å². The number of amides is 1. The Hall–Kier alpha value is -1.87. The van der Waals surface area contributed by atoms with Crippen molar-refractivity contribution in [2.75, 3.05) is 4.72 Å². The van der Waals surface area contributed by atoms with E-state index in [2.05, 4.69) is 9.71 Å². The molecule has 1 heterocycles. The van der Waals surface area contributed by atoms with Crippen molar-refractivity contribution in [3.8, 4) is 0 Å². The van der Waals surface area contributed by atoms with Gasteiger partial charge in [0.25, 0.3) is 5.91 Å². The van der Waals surface area contributed by atoms with Crippen LogP contribution in [0, 0.1) is 0 Å². The van der Waals surface area contributed by atoms with Gasteiger partial charge in [-0.15, -0.1) is 0 Å². The van der Waals surface area contributed by atoms with Gasteiger partial charge in [-0.1, -0.05) is 35.3 Å². The van der Waals surface area contributed by atoms with Crippen LogP contribution in [-0.2, 0) is 15.8 Å². The number of carbonyl (C=O) groups excluding carboxylic acids is 1. The Morgan fingerprint density at radius 1 is 1.26 bits per heavy atom. The van der Waals surface area contributed by atoms with Gasteiger partial charge in [-0.3, -0.25) is 19.7 Å². The monoisotopic (exact) mass is 375 g/mol. The molecule has 10 heteroatoms. The third-order valence-electron chi connectivity index (χ3n) is 2.74. The Labute approximate surface area is 142 Å². The molecule has 23 heavy (non-hydrogen) atoms. The number of nitrogens with zero attached hydrogens (tertiary/aromatic N) is 1. The molecule has 3 N–H and O–H groups in total. The zero-order valence-electron chi connectivity index (χ0n) is 11.5. The summed E-state index contributed by atoms with van der Waals surface area (Å²) in [6.45, 7) is 0. The average molecular weight is 376 g/mol. The number of hydrogen-bond acceptors (Lipinski definition) is 5. The smallest absolute Gasteiger partial charge is 0.288 e. The van der Waals surface area contributed by atoms with E-state index in [9.17, 15) is 13.2 Å². The van der Waals surface area contributed by atoms with Gasteiger partial charge in [0.2, 0.25) is 10.0 Å². The highest BCUT2D eigenvalue weighted by molar-refractivity contribution is 7.91. The summed E-state index contributed by atoms with van der Waals surface area (Å²) in [6.07, 6.45) is 1.23. The number of pyridine rings is 1. The molecule has 0 aliphatic rings. The Bertz CT molecular complexity index is 843. The fourth-order valence-corrected chi connectivity index (χ4v) is 3.43. The second-order valence-electron chi connectivity index (χ2n) is 4.44. The van der Waals surface area contributed by atoms with Gasteiger partial charge in [0.15, 0.2) is 0 Å². The summed E-state index contributed by atoms with van der Waals surface area (Å²) < 4.78 is 26.7. The molecular weight excluding hydrogens is 365 g/mol. The maximum Gasteiger partial charge on any atom is 0.293 e. The summed E-state index contributed by atoms with van der Waals surface area (Å²) in [6, 6.07) is 7.24. The molecule has 0 saturated heterocycles. The van der Waals surface area contributed by atoms with E-state index in [0.717, 1.165) is 0 Å². The molecule has 1 amide bonds. The highest BCUT2D eigenvalue weighted by atomic mass is 35.5. The van der Waals surface area contributed by atoms with E-state index < -0.39 is 21.7 Å². The van der Waals surface area contributed by atoms with Crippen LogP contribution in [0.1, 0.15) is 16.1 Å². The number of nitrogens with one attached hydrogen (secondary N) is 2. The first kappa shape index (κ1) is 17.5. The molecule has 0 radical (unpaired) electrons. The summed E-state index contributed by atoms with van der Waals surface area (Å²) in [4.78, 5) is 15.0. The lowest BCUT2D eigenvalue weighted by Crippen LogP contribution is -2.21. The molecule has 0 aliphatic carbocycles. The topological polar surface area (TPSA) is 108 Å². The Balaban J connectivity index is 2.22. The first-order valence-corrected chi connectivity index (χ1v) is 8.57. The van der Waals surface area contributed by atoms with Gasteiger partial charge in [0.05, 0.1) is 21.5 Å². The first-order chi connectivity index (χ1) is 10.8. The normalized spacial score (nSPS) is 11.1. The summed E-state index contributed by atoms with van der Waals surface area (Å²) in [5.74, 6) is -1.25. The third-order valence-corrected chi connectivity index (χ3v) is 4.84. The van der Waals surface area contributed by atoms with Crippen LogP contribution >= 0.6 is 23.2 Å². The van der Waals surface area contributed by atoms with Gasteiger partial charge < -0.3 is 0 Å². The SMILES string of the molecule is O=C(NO)c1cc(NS(=O)(=O)Cc2cccc(Cl)c2Cl)ccn1. The standard InChI is InChI=1S/C13H11Cl2N3O4S/c14-10-3-1-2-8(12(10)15)7-23(21,22)18-9-4-5-16-11(6-9)13(19)17-20/h1-6,20H,7H2,(H,16,18)(H,17,19). The molecular formula is C13H11Cl2N3O4S. The van der Waals surface area contributed by atoms with Gasteiger partial charge in [-0.05, 0) is 23.8 Å². The van der Waals surface area contributed by atoms with Crippen LogP contribution < -0.4 is 10.2 Å². The number of aromatic nitrogens is 1. The number of hydrogen-bond donors (Lipinski definition) is 3. The van der Waals surface area contributed by atoms with Crippen molar-refractivity contribution in [1.82, 2.24) is 10.5 Å². The molecule has 0 spiro atoms. The average Bonchev–Trinajstić information content (AvgIpc) is 2.50. The Kier molecular flexibility index (Phi) is 5.42. The van der Waals surface area contributed by atoms with Gasteiger partial charge in [0.1, 0.15) is 5.69 Å². The van der Waals surface area contributed by atoms with Crippen LogP contribution in [0.15, 0.2) is 36.5 Å². The van der Waals surface area contributed by atoms with E-state index in [1.54, 1.807) is 18.2 Å². The number of benzene rings is 1. The molecule has 0 aliphatic heterocycles. The maximum atomic E-state index is 12.2. The number of anilines is 1. The second kappa shape index (κ2) is 7.14.